The lowest BCUT2D eigenvalue weighted by Crippen LogP contribution is -2.38. The Labute approximate surface area is 110 Å². The van der Waals surface area contributed by atoms with Crippen molar-refractivity contribution in [1.29, 1.82) is 0 Å². The highest BCUT2D eigenvalue weighted by Crippen LogP contribution is 2.09. The second-order valence-electron chi connectivity index (χ2n) is 4.39. The second-order valence-corrected chi connectivity index (χ2v) is 4.83. The lowest BCUT2D eigenvalue weighted by molar-refractivity contribution is 0.270. The van der Waals surface area contributed by atoms with Gasteiger partial charge in [-0.25, -0.2) is 0 Å². The Balaban J connectivity index is 2.32. The number of halogens is 1. The molecule has 0 amide bonds. The molecule has 0 saturated carbocycles. The first-order valence-corrected chi connectivity index (χ1v) is 6.73. The van der Waals surface area contributed by atoms with Gasteiger partial charge in [-0.05, 0) is 37.7 Å². The number of rotatable bonds is 7. The lowest BCUT2D eigenvalue weighted by Gasteiger charge is -2.23. The maximum Gasteiger partial charge on any atom is 0.0406 e. The highest BCUT2D eigenvalue weighted by molar-refractivity contribution is 6.30. The lowest BCUT2D eigenvalue weighted by atomic mass is 10.2. The van der Waals surface area contributed by atoms with Crippen LogP contribution in [-0.4, -0.2) is 30.6 Å². The minimum atomic E-state index is 0.505. The van der Waals surface area contributed by atoms with E-state index in [0.717, 1.165) is 31.2 Å². The molecule has 0 heterocycles. The summed E-state index contributed by atoms with van der Waals surface area (Å²) in [7, 11) is 0. The number of nitrogens with zero attached hydrogens (tertiary/aromatic N) is 1. The van der Waals surface area contributed by atoms with Crippen LogP contribution in [0, 0.1) is 0 Å². The zero-order valence-corrected chi connectivity index (χ0v) is 11.8. The van der Waals surface area contributed by atoms with E-state index in [0.29, 0.717) is 6.04 Å². The summed E-state index contributed by atoms with van der Waals surface area (Å²) in [4.78, 5) is 2.43. The average molecular weight is 255 g/mol. The van der Waals surface area contributed by atoms with Crippen molar-refractivity contribution in [2.45, 2.75) is 33.4 Å². The molecule has 2 nitrogen and oxygen atoms in total. The molecular formula is C14H23ClN2. The van der Waals surface area contributed by atoms with Crippen molar-refractivity contribution < 1.29 is 0 Å². The summed E-state index contributed by atoms with van der Waals surface area (Å²) in [5.74, 6) is 0. The summed E-state index contributed by atoms with van der Waals surface area (Å²) in [5.41, 5.74) is 1.28. The molecule has 0 fully saturated rings. The molecule has 1 aromatic rings. The van der Waals surface area contributed by atoms with Crippen LogP contribution in [0.4, 0.5) is 0 Å². The fourth-order valence-corrected chi connectivity index (χ4v) is 1.95. The van der Waals surface area contributed by atoms with Gasteiger partial charge in [0.05, 0.1) is 0 Å². The third-order valence-corrected chi connectivity index (χ3v) is 3.25. The van der Waals surface area contributed by atoms with Gasteiger partial charge in [0.25, 0.3) is 0 Å². The smallest absolute Gasteiger partial charge is 0.0406 e. The molecule has 1 rings (SSSR count). The fraction of sp³-hybridized carbons (Fsp3) is 0.571. The highest BCUT2D eigenvalue weighted by Gasteiger charge is 2.06. The van der Waals surface area contributed by atoms with Crippen molar-refractivity contribution in [2.75, 3.05) is 19.6 Å². The van der Waals surface area contributed by atoms with Gasteiger partial charge in [0.15, 0.2) is 0 Å². The molecule has 1 aromatic carbocycles. The van der Waals surface area contributed by atoms with Crippen molar-refractivity contribution in [3.05, 3.63) is 34.9 Å². The Morgan fingerprint density at radius 3 is 2.29 bits per heavy atom. The third-order valence-electron chi connectivity index (χ3n) is 2.99. The maximum atomic E-state index is 5.85. The summed E-state index contributed by atoms with van der Waals surface area (Å²) in [6.07, 6.45) is 0. The van der Waals surface area contributed by atoms with Gasteiger partial charge in [-0.1, -0.05) is 37.6 Å². The van der Waals surface area contributed by atoms with Crippen molar-refractivity contribution >= 4 is 11.6 Å². The predicted molar refractivity (Wildman–Crippen MR) is 75.5 cm³/mol. The zero-order valence-electron chi connectivity index (χ0n) is 11.0. The van der Waals surface area contributed by atoms with Gasteiger partial charge < -0.3 is 10.2 Å². The van der Waals surface area contributed by atoms with Crippen LogP contribution < -0.4 is 5.32 Å². The van der Waals surface area contributed by atoms with E-state index in [1.165, 1.54) is 5.56 Å². The summed E-state index contributed by atoms with van der Waals surface area (Å²) in [6, 6.07) is 8.52. The standard InChI is InChI=1S/C14H23ClN2/c1-4-17(5-2)11-12(3)16-10-13-6-8-14(15)9-7-13/h6-9,12,16H,4-5,10-11H2,1-3H3. The Kier molecular flexibility index (Phi) is 6.56. The minimum Gasteiger partial charge on any atom is -0.309 e. The van der Waals surface area contributed by atoms with E-state index < -0.39 is 0 Å². The SMILES string of the molecule is CCN(CC)CC(C)NCc1ccc(Cl)cc1. The first kappa shape index (κ1) is 14.5. The molecule has 3 heteroatoms. The summed E-state index contributed by atoms with van der Waals surface area (Å²) >= 11 is 5.85. The number of hydrogen-bond donors (Lipinski definition) is 1. The van der Waals surface area contributed by atoms with Gasteiger partial charge in [-0.15, -0.1) is 0 Å². The van der Waals surface area contributed by atoms with E-state index in [1.807, 2.05) is 12.1 Å². The van der Waals surface area contributed by atoms with E-state index in [2.05, 4.69) is 43.1 Å². The van der Waals surface area contributed by atoms with Gasteiger partial charge in [-0.3, -0.25) is 0 Å². The fourth-order valence-electron chi connectivity index (χ4n) is 1.83. The molecule has 96 valence electrons. The van der Waals surface area contributed by atoms with Gasteiger partial charge in [-0.2, -0.15) is 0 Å². The monoisotopic (exact) mass is 254 g/mol. The molecule has 17 heavy (non-hydrogen) atoms. The van der Waals surface area contributed by atoms with Gasteiger partial charge in [0.1, 0.15) is 0 Å². The molecule has 0 aliphatic carbocycles. The Morgan fingerprint density at radius 2 is 1.76 bits per heavy atom. The predicted octanol–water partition coefficient (Wildman–Crippen LogP) is 3.16. The molecule has 0 bridgehead atoms. The number of likely N-dealkylation sites (N-methyl/N-ethyl adjacent to an activating group) is 1. The van der Waals surface area contributed by atoms with Gasteiger partial charge >= 0.3 is 0 Å². The van der Waals surface area contributed by atoms with Gasteiger partial charge in [0.2, 0.25) is 0 Å². The maximum absolute atomic E-state index is 5.85. The third kappa shape index (κ3) is 5.53. The molecule has 0 saturated heterocycles. The van der Waals surface area contributed by atoms with Crippen molar-refractivity contribution in [2.24, 2.45) is 0 Å². The number of benzene rings is 1. The van der Waals surface area contributed by atoms with Crippen LogP contribution >= 0.6 is 11.6 Å². The second kappa shape index (κ2) is 7.70. The van der Waals surface area contributed by atoms with Crippen LogP contribution in [-0.2, 0) is 6.54 Å². The summed E-state index contributed by atoms with van der Waals surface area (Å²) in [6.45, 7) is 10.9. The van der Waals surface area contributed by atoms with E-state index in [1.54, 1.807) is 0 Å². The Bertz CT molecular complexity index is 307. The van der Waals surface area contributed by atoms with E-state index >= 15 is 0 Å². The van der Waals surface area contributed by atoms with E-state index in [9.17, 15) is 0 Å². The quantitative estimate of drug-likeness (QED) is 0.804. The topological polar surface area (TPSA) is 15.3 Å². The summed E-state index contributed by atoms with van der Waals surface area (Å²) < 4.78 is 0. The van der Waals surface area contributed by atoms with Crippen LogP contribution in [0.3, 0.4) is 0 Å². The normalized spacial score (nSPS) is 13.0. The first-order valence-electron chi connectivity index (χ1n) is 6.35. The molecule has 0 aliphatic heterocycles. The van der Waals surface area contributed by atoms with Gasteiger partial charge in [0, 0.05) is 24.2 Å². The first-order chi connectivity index (χ1) is 8.15. The van der Waals surface area contributed by atoms with Crippen LogP contribution in [0.1, 0.15) is 26.3 Å². The van der Waals surface area contributed by atoms with E-state index in [-0.39, 0.29) is 0 Å². The molecule has 0 aromatic heterocycles. The number of nitrogens with one attached hydrogen (secondary N) is 1. The zero-order chi connectivity index (χ0) is 12.7. The largest absolute Gasteiger partial charge is 0.309 e. The van der Waals surface area contributed by atoms with Crippen LogP contribution in [0.15, 0.2) is 24.3 Å². The average Bonchev–Trinajstić information content (AvgIpc) is 2.35. The minimum absolute atomic E-state index is 0.505. The molecule has 0 spiro atoms. The summed E-state index contributed by atoms with van der Waals surface area (Å²) in [5, 5.41) is 4.33. The Hall–Kier alpha value is -0.570. The van der Waals surface area contributed by atoms with Crippen molar-refractivity contribution in [3.63, 3.8) is 0 Å². The van der Waals surface area contributed by atoms with Crippen LogP contribution in [0.5, 0.6) is 0 Å². The van der Waals surface area contributed by atoms with E-state index in [4.69, 9.17) is 11.6 Å². The molecular weight excluding hydrogens is 232 g/mol. The molecule has 0 radical (unpaired) electrons. The van der Waals surface area contributed by atoms with Crippen LogP contribution in [0.2, 0.25) is 5.02 Å². The van der Waals surface area contributed by atoms with Crippen LogP contribution in [0.25, 0.3) is 0 Å². The van der Waals surface area contributed by atoms with Crippen molar-refractivity contribution in [1.82, 2.24) is 10.2 Å². The van der Waals surface area contributed by atoms with Crippen molar-refractivity contribution in [3.8, 4) is 0 Å². The highest BCUT2D eigenvalue weighted by atomic mass is 35.5. The molecule has 0 aliphatic rings. The number of hydrogen-bond acceptors (Lipinski definition) is 2. The molecule has 1 N–H and O–H groups in total. The Morgan fingerprint density at radius 1 is 1.18 bits per heavy atom. The molecule has 1 atom stereocenters. The molecule has 1 unspecified atom stereocenters.